The lowest BCUT2D eigenvalue weighted by atomic mass is 9.82. The van der Waals surface area contributed by atoms with E-state index in [0.29, 0.717) is 5.41 Å². The normalized spacial score (nSPS) is 19.6. The molecule has 0 N–H and O–H groups in total. The Morgan fingerprint density at radius 1 is 1.06 bits per heavy atom. The second-order valence-electron chi connectivity index (χ2n) is 5.35. The molecule has 16 heavy (non-hydrogen) atoms. The molecule has 0 aromatic heterocycles. The lowest BCUT2D eigenvalue weighted by Gasteiger charge is -2.38. The number of anilines is 1. The van der Waals surface area contributed by atoms with Crippen molar-refractivity contribution in [2.75, 3.05) is 25.1 Å². The van der Waals surface area contributed by atoms with Crippen LogP contribution in [0.1, 0.15) is 26.7 Å². The zero-order valence-electron chi connectivity index (χ0n) is 10.5. The molecule has 2 rings (SSSR count). The minimum Gasteiger partial charge on any atom is -0.497 e. The summed E-state index contributed by atoms with van der Waals surface area (Å²) < 4.78 is 5.17. The molecule has 0 aliphatic carbocycles. The second-order valence-corrected chi connectivity index (χ2v) is 5.35. The van der Waals surface area contributed by atoms with Gasteiger partial charge in [-0.15, -0.1) is 0 Å². The SMILES string of the molecule is COc1ccc(N2CCC(C)(C)CC2)cc1. The molecular formula is C14H21NO. The van der Waals surface area contributed by atoms with Crippen LogP contribution < -0.4 is 9.64 Å². The number of nitrogens with zero attached hydrogens (tertiary/aromatic N) is 1. The van der Waals surface area contributed by atoms with Gasteiger partial charge in [0.15, 0.2) is 0 Å². The van der Waals surface area contributed by atoms with Crippen LogP contribution in [-0.2, 0) is 0 Å². The van der Waals surface area contributed by atoms with E-state index in [4.69, 9.17) is 4.74 Å². The summed E-state index contributed by atoms with van der Waals surface area (Å²) in [5.41, 5.74) is 1.83. The number of ether oxygens (including phenoxy) is 1. The van der Waals surface area contributed by atoms with Gasteiger partial charge in [-0.1, -0.05) is 13.8 Å². The topological polar surface area (TPSA) is 12.5 Å². The Kier molecular flexibility index (Phi) is 3.08. The monoisotopic (exact) mass is 219 g/mol. The number of hydrogen-bond acceptors (Lipinski definition) is 2. The van der Waals surface area contributed by atoms with E-state index in [1.165, 1.54) is 31.6 Å². The van der Waals surface area contributed by atoms with Gasteiger partial charge >= 0.3 is 0 Å². The molecule has 0 unspecified atom stereocenters. The van der Waals surface area contributed by atoms with Gasteiger partial charge in [-0.2, -0.15) is 0 Å². The van der Waals surface area contributed by atoms with Crippen molar-refractivity contribution in [1.29, 1.82) is 0 Å². The molecule has 1 heterocycles. The van der Waals surface area contributed by atoms with Crippen LogP contribution in [0.3, 0.4) is 0 Å². The van der Waals surface area contributed by atoms with E-state index in [-0.39, 0.29) is 0 Å². The van der Waals surface area contributed by atoms with Crippen molar-refractivity contribution in [3.63, 3.8) is 0 Å². The van der Waals surface area contributed by atoms with E-state index < -0.39 is 0 Å². The van der Waals surface area contributed by atoms with Crippen molar-refractivity contribution in [3.8, 4) is 5.75 Å². The highest BCUT2D eigenvalue weighted by molar-refractivity contribution is 5.49. The maximum absolute atomic E-state index is 5.17. The molecule has 88 valence electrons. The van der Waals surface area contributed by atoms with Crippen molar-refractivity contribution < 1.29 is 4.74 Å². The molecule has 1 saturated heterocycles. The summed E-state index contributed by atoms with van der Waals surface area (Å²) in [5.74, 6) is 0.932. The second kappa shape index (κ2) is 4.36. The van der Waals surface area contributed by atoms with Crippen LogP contribution in [0, 0.1) is 5.41 Å². The van der Waals surface area contributed by atoms with Crippen molar-refractivity contribution in [1.82, 2.24) is 0 Å². The molecule has 2 heteroatoms. The molecule has 2 nitrogen and oxygen atoms in total. The van der Waals surface area contributed by atoms with Crippen LogP contribution in [0.2, 0.25) is 0 Å². The third kappa shape index (κ3) is 2.49. The predicted octanol–water partition coefficient (Wildman–Crippen LogP) is 3.32. The first-order valence-corrected chi connectivity index (χ1v) is 6.00. The summed E-state index contributed by atoms with van der Waals surface area (Å²) in [6.07, 6.45) is 2.55. The molecule has 1 aromatic rings. The molecule has 1 aromatic carbocycles. The lowest BCUT2D eigenvalue weighted by molar-refractivity contribution is 0.280. The largest absolute Gasteiger partial charge is 0.497 e. The zero-order valence-corrected chi connectivity index (χ0v) is 10.5. The Bertz CT molecular complexity index is 332. The Balaban J connectivity index is 2.03. The van der Waals surface area contributed by atoms with Crippen molar-refractivity contribution in [2.45, 2.75) is 26.7 Å². The van der Waals surface area contributed by atoms with Crippen LogP contribution >= 0.6 is 0 Å². The van der Waals surface area contributed by atoms with Gasteiger partial charge in [-0.05, 0) is 42.5 Å². The quantitative estimate of drug-likeness (QED) is 0.756. The highest BCUT2D eigenvalue weighted by Gasteiger charge is 2.25. The third-order valence-electron chi connectivity index (χ3n) is 3.55. The summed E-state index contributed by atoms with van der Waals surface area (Å²) >= 11 is 0. The average Bonchev–Trinajstić information content (AvgIpc) is 2.29. The summed E-state index contributed by atoms with van der Waals surface area (Å²) in [7, 11) is 1.71. The van der Waals surface area contributed by atoms with Crippen molar-refractivity contribution >= 4 is 5.69 Å². The smallest absolute Gasteiger partial charge is 0.119 e. The maximum Gasteiger partial charge on any atom is 0.119 e. The van der Waals surface area contributed by atoms with Gasteiger partial charge in [0, 0.05) is 18.8 Å². The van der Waals surface area contributed by atoms with Gasteiger partial charge in [0.25, 0.3) is 0 Å². The lowest BCUT2D eigenvalue weighted by Crippen LogP contribution is -2.37. The summed E-state index contributed by atoms with van der Waals surface area (Å²) in [6, 6.07) is 8.37. The molecule has 0 radical (unpaired) electrons. The molecule has 0 atom stereocenters. The van der Waals surface area contributed by atoms with E-state index in [1.807, 2.05) is 12.1 Å². The maximum atomic E-state index is 5.17. The Morgan fingerprint density at radius 2 is 1.62 bits per heavy atom. The number of piperidine rings is 1. The number of rotatable bonds is 2. The van der Waals surface area contributed by atoms with E-state index in [0.717, 1.165) is 5.75 Å². The number of hydrogen-bond donors (Lipinski definition) is 0. The molecule has 0 amide bonds. The van der Waals surface area contributed by atoms with Crippen molar-refractivity contribution in [2.24, 2.45) is 5.41 Å². The fourth-order valence-corrected chi connectivity index (χ4v) is 2.16. The standard InChI is InChI=1S/C14H21NO/c1-14(2)8-10-15(11-9-14)12-4-6-13(16-3)7-5-12/h4-7H,8-11H2,1-3H3. The average molecular weight is 219 g/mol. The first-order valence-electron chi connectivity index (χ1n) is 6.00. The summed E-state index contributed by atoms with van der Waals surface area (Å²) in [4.78, 5) is 2.46. The molecule has 0 saturated carbocycles. The first-order chi connectivity index (χ1) is 7.61. The van der Waals surface area contributed by atoms with Gasteiger partial charge in [-0.25, -0.2) is 0 Å². The third-order valence-corrected chi connectivity index (χ3v) is 3.55. The first kappa shape index (κ1) is 11.3. The minimum atomic E-state index is 0.517. The molecule has 1 aliphatic rings. The molecule has 1 fully saturated rings. The summed E-state index contributed by atoms with van der Waals surface area (Å²) in [5, 5.41) is 0. The molecule has 1 aliphatic heterocycles. The Morgan fingerprint density at radius 3 is 2.12 bits per heavy atom. The van der Waals surface area contributed by atoms with Gasteiger partial charge < -0.3 is 9.64 Å². The number of methoxy groups -OCH3 is 1. The van der Waals surface area contributed by atoms with Crippen LogP contribution in [0.4, 0.5) is 5.69 Å². The highest BCUT2D eigenvalue weighted by Crippen LogP contribution is 2.32. The van der Waals surface area contributed by atoms with E-state index in [9.17, 15) is 0 Å². The van der Waals surface area contributed by atoms with Crippen molar-refractivity contribution in [3.05, 3.63) is 24.3 Å². The van der Waals surface area contributed by atoms with Crippen LogP contribution in [0.5, 0.6) is 5.75 Å². The zero-order chi connectivity index (χ0) is 11.6. The van der Waals surface area contributed by atoms with E-state index in [2.05, 4.69) is 30.9 Å². The van der Waals surface area contributed by atoms with Crippen LogP contribution in [-0.4, -0.2) is 20.2 Å². The van der Waals surface area contributed by atoms with Gasteiger partial charge in [0.1, 0.15) is 5.75 Å². The van der Waals surface area contributed by atoms with Crippen LogP contribution in [0.25, 0.3) is 0 Å². The highest BCUT2D eigenvalue weighted by atomic mass is 16.5. The Hall–Kier alpha value is -1.18. The van der Waals surface area contributed by atoms with Gasteiger partial charge in [0.2, 0.25) is 0 Å². The van der Waals surface area contributed by atoms with Gasteiger partial charge in [0.05, 0.1) is 7.11 Å². The Labute approximate surface area is 98.2 Å². The van der Waals surface area contributed by atoms with Crippen LogP contribution in [0.15, 0.2) is 24.3 Å². The fourth-order valence-electron chi connectivity index (χ4n) is 2.16. The number of benzene rings is 1. The predicted molar refractivity (Wildman–Crippen MR) is 68.2 cm³/mol. The minimum absolute atomic E-state index is 0.517. The molecule has 0 spiro atoms. The summed E-state index contributed by atoms with van der Waals surface area (Å²) in [6.45, 7) is 7.05. The molecule has 0 bridgehead atoms. The fraction of sp³-hybridized carbons (Fsp3) is 0.571. The van der Waals surface area contributed by atoms with E-state index in [1.54, 1.807) is 7.11 Å². The van der Waals surface area contributed by atoms with E-state index >= 15 is 0 Å². The molecular weight excluding hydrogens is 198 g/mol. The van der Waals surface area contributed by atoms with Gasteiger partial charge in [-0.3, -0.25) is 0 Å².